The molecule has 4 rings (SSSR count). The van der Waals surface area contributed by atoms with Crippen molar-refractivity contribution >= 4 is 5.97 Å². The molecule has 0 bridgehead atoms. The molecule has 9 atom stereocenters. The predicted molar refractivity (Wildman–Crippen MR) is 94.7 cm³/mol. The molecular formula is C21H34O4. The highest BCUT2D eigenvalue weighted by Gasteiger charge is 2.62. The third kappa shape index (κ3) is 2.58. The fourth-order valence-corrected chi connectivity index (χ4v) is 7.62. The van der Waals surface area contributed by atoms with E-state index >= 15 is 0 Å². The number of aliphatic hydroxyl groups excluding tert-OH is 2. The molecule has 142 valence electrons. The average Bonchev–Trinajstić information content (AvgIpc) is 2.86. The zero-order valence-electron chi connectivity index (χ0n) is 15.9. The number of hydrogen-bond donors (Lipinski definition) is 2. The minimum Gasteiger partial charge on any atom is -0.462 e. The molecule has 4 heteroatoms. The standard InChI is InChI=1S/C21H34O4/c1-12(22)25-19-5-4-15-14-11-18(24)17-10-13(23)6-8-20(17,2)16(14)7-9-21(15,19)3/h13-19,23-24H,4-11H2,1-3H3/t13-,14-,15+,16+,17+,18-,19-,20+,21-/m0/s1. The molecule has 4 saturated carbocycles. The lowest BCUT2D eigenvalue weighted by Gasteiger charge is -2.61. The highest BCUT2D eigenvalue weighted by molar-refractivity contribution is 5.66. The molecule has 0 amide bonds. The van der Waals surface area contributed by atoms with E-state index in [9.17, 15) is 15.0 Å². The maximum absolute atomic E-state index is 11.5. The SMILES string of the molecule is CC(=O)O[C@H]1CC[C@@H]2[C@@H]3C[C@H](O)[C@H]4C[C@@H](O)CC[C@]4(C)[C@@H]3CC[C@]12C. The molecule has 0 aromatic rings. The van der Waals surface area contributed by atoms with Gasteiger partial charge in [-0.15, -0.1) is 0 Å². The fraction of sp³-hybridized carbons (Fsp3) is 0.952. The quantitative estimate of drug-likeness (QED) is 0.712. The van der Waals surface area contributed by atoms with E-state index in [1.165, 1.54) is 13.3 Å². The van der Waals surface area contributed by atoms with Crippen molar-refractivity contribution < 1.29 is 19.7 Å². The van der Waals surface area contributed by atoms with Crippen LogP contribution in [0.1, 0.15) is 72.1 Å². The zero-order valence-corrected chi connectivity index (χ0v) is 15.9. The number of rotatable bonds is 1. The van der Waals surface area contributed by atoms with Crippen molar-refractivity contribution in [3.8, 4) is 0 Å². The first-order chi connectivity index (χ1) is 11.8. The van der Waals surface area contributed by atoms with Crippen LogP contribution in [0.15, 0.2) is 0 Å². The van der Waals surface area contributed by atoms with Crippen LogP contribution in [0.3, 0.4) is 0 Å². The maximum atomic E-state index is 11.5. The van der Waals surface area contributed by atoms with Crippen molar-refractivity contribution in [3.05, 3.63) is 0 Å². The van der Waals surface area contributed by atoms with E-state index in [0.717, 1.165) is 44.9 Å². The third-order valence-corrected chi connectivity index (χ3v) is 8.87. The second kappa shape index (κ2) is 5.95. The van der Waals surface area contributed by atoms with Gasteiger partial charge in [0.25, 0.3) is 0 Å². The summed E-state index contributed by atoms with van der Waals surface area (Å²) in [7, 11) is 0. The van der Waals surface area contributed by atoms with Crippen LogP contribution in [0.5, 0.6) is 0 Å². The van der Waals surface area contributed by atoms with Crippen molar-refractivity contribution in [1.29, 1.82) is 0 Å². The van der Waals surface area contributed by atoms with Gasteiger partial charge in [0.15, 0.2) is 0 Å². The van der Waals surface area contributed by atoms with Crippen molar-refractivity contribution in [1.82, 2.24) is 0 Å². The molecule has 0 spiro atoms. The summed E-state index contributed by atoms with van der Waals surface area (Å²) in [6.45, 7) is 6.22. The minimum absolute atomic E-state index is 0.0480. The van der Waals surface area contributed by atoms with Crippen LogP contribution in [0.4, 0.5) is 0 Å². The summed E-state index contributed by atoms with van der Waals surface area (Å²) in [5.74, 6) is 1.81. The topological polar surface area (TPSA) is 66.8 Å². The molecule has 0 unspecified atom stereocenters. The maximum Gasteiger partial charge on any atom is 0.302 e. The number of fused-ring (bicyclic) bond motifs is 5. The van der Waals surface area contributed by atoms with Gasteiger partial charge in [0.05, 0.1) is 12.2 Å². The summed E-state index contributed by atoms with van der Waals surface area (Å²) >= 11 is 0. The summed E-state index contributed by atoms with van der Waals surface area (Å²) in [6.07, 6.45) is 7.44. The Morgan fingerprint density at radius 3 is 2.32 bits per heavy atom. The van der Waals surface area contributed by atoms with Gasteiger partial charge in [0.1, 0.15) is 6.10 Å². The van der Waals surface area contributed by atoms with E-state index in [1.807, 2.05) is 0 Å². The summed E-state index contributed by atoms with van der Waals surface area (Å²) in [5, 5.41) is 21.1. The van der Waals surface area contributed by atoms with E-state index in [4.69, 9.17) is 4.74 Å². The molecule has 2 N–H and O–H groups in total. The third-order valence-electron chi connectivity index (χ3n) is 8.87. The van der Waals surface area contributed by atoms with Crippen LogP contribution < -0.4 is 0 Å². The lowest BCUT2D eigenvalue weighted by molar-refractivity contribution is -0.181. The van der Waals surface area contributed by atoms with Gasteiger partial charge < -0.3 is 14.9 Å². The van der Waals surface area contributed by atoms with Gasteiger partial charge in [-0.05, 0) is 80.5 Å². The molecule has 0 heterocycles. The monoisotopic (exact) mass is 350 g/mol. The normalized spacial score (nSPS) is 55.0. The smallest absolute Gasteiger partial charge is 0.302 e. The van der Waals surface area contributed by atoms with Gasteiger partial charge in [-0.2, -0.15) is 0 Å². The van der Waals surface area contributed by atoms with Gasteiger partial charge >= 0.3 is 5.97 Å². The minimum atomic E-state index is -0.295. The van der Waals surface area contributed by atoms with Crippen LogP contribution >= 0.6 is 0 Å². The van der Waals surface area contributed by atoms with Crippen molar-refractivity contribution in [3.63, 3.8) is 0 Å². The number of esters is 1. The summed E-state index contributed by atoms with van der Waals surface area (Å²) in [6, 6.07) is 0. The number of carbonyl (C=O) groups is 1. The van der Waals surface area contributed by atoms with Gasteiger partial charge in [-0.1, -0.05) is 13.8 Å². The first-order valence-corrected chi connectivity index (χ1v) is 10.3. The van der Waals surface area contributed by atoms with Crippen LogP contribution in [-0.4, -0.2) is 34.5 Å². The highest BCUT2D eigenvalue weighted by Crippen LogP contribution is 2.66. The van der Waals surface area contributed by atoms with E-state index in [0.29, 0.717) is 17.8 Å². The Kier molecular flexibility index (Phi) is 4.23. The Bertz CT molecular complexity index is 548. The van der Waals surface area contributed by atoms with Crippen LogP contribution in [-0.2, 0) is 9.53 Å². The highest BCUT2D eigenvalue weighted by atomic mass is 16.5. The lowest BCUT2D eigenvalue weighted by atomic mass is 9.44. The van der Waals surface area contributed by atoms with Gasteiger partial charge in [0.2, 0.25) is 0 Å². The number of ether oxygens (including phenoxy) is 1. The van der Waals surface area contributed by atoms with Crippen LogP contribution in [0.25, 0.3) is 0 Å². The molecule has 0 aromatic carbocycles. The second-order valence-electron chi connectivity index (χ2n) is 9.94. The molecule has 4 aliphatic rings. The number of hydrogen-bond acceptors (Lipinski definition) is 4. The molecule has 4 nitrogen and oxygen atoms in total. The van der Waals surface area contributed by atoms with E-state index in [1.54, 1.807) is 0 Å². The molecular weight excluding hydrogens is 316 g/mol. The molecule has 0 saturated heterocycles. The Balaban J connectivity index is 1.61. The molecule has 0 aliphatic heterocycles. The van der Waals surface area contributed by atoms with Crippen molar-refractivity contribution in [2.75, 3.05) is 0 Å². The van der Waals surface area contributed by atoms with Gasteiger partial charge in [-0.25, -0.2) is 0 Å². The molecule has 0 aromatic heterocycles. The first-order valence-electron chi connectivity index (χ1n) is 10.3. The zero-order chi connectivity index (χ0) is 18.0. The molecule has 25 heavy (non-hydrogen) atoms. The van der Waals surface area contributed by atoms with E-state index < -0.39 is 0 Å². The summed E-state index contributed by atoms with van der Waals surface area (Å²) in [5.41, 5.74) is 0.229. The van der Waals surface area contributed by atoms with Gasteiger partial charge in [0, 0.05) is 12.3 Å². The fourth-order valence-electron chi connectivity index (χ4n) is 7.62. The molecule has 0 radical (unpaired) electrons. The Labute approximate surface area is 151 Å². The van der Waals surface area contributed by atoms with Crippen LogP contribution in [0, 0.1) is 34.5 Å². The Hall–Kier alpha value is -0.610. The predicted octanol–water partition coefficient (Wildman–Crippen LogP) is 3.29. The summed E-state index contributed by atoms with van der Waals surface area (Å²) in [4.78, 5) is 11.5. The Morgan fingerprint density at radius 1 is 0.920 bits per heavy atom. The lowest BCUT2D eigenvalue weighted by Crippen LogP contribution is -2.58. The first kappa shape index (κ1) is 17.8. The van der Waals surface area contributed by atoms with Crippen LogP contribution in [0.2, 0.25) is 0 Å². The van der Waals surface area contributed by atoms with Crippen molar-refractivity contribution in [2.24, 2.45) is 34.5 Å². The van der Waals surface area contributed by atoms with E-state index in [2.05, 4.69) is 13.8 Å². The summed E-state index contributed by atoms with van der Waals surface area (Å²) < 4.78 is 5.70. The van der Waals surface area contributed by atoms with Gasteiger partial charge in [-0.3, -0.25) is 4.79 Å². The number of carbonyl (C=O) groups excluding carboxylic acids is 1. The molecule has 4 aliphatic carbocycles. The average molecular weight is 350 g/mol. The van der Waals surface area contributed by atoms with E-state index in [-0.39, 0.29) is 41.0 Å². The largest absolute Gasteiger partial charge is 0.462 e. The Morgan fingerprint density at radius 2 is 1.60 bits per heavy atom. The second-order valence-corrected chi connectivity index (χ2v) is 9.94. The molecule has 4 fully saturated rings. The van der Waals surface area contributed by atoms with Crippen molar-refractivity contribution in [2.45, 2.75) is 90.4 Å². The number of aliphatic hydroxyl groups is 2.